The number of esters is 2. The fourth-order valence-electron chi connectivity index (χ4n) is 6.06. The molecule has 1 aliphatic heterocycles. The molecular formula is C41H28N6O11. The smallest absolute Gasteiger partial charge is 0.333 e. The fourth-order valence-corrected chi connectivity index (χ4v) is 6.06. The lowest BCUT2D eigenvalue weighted by Crippen LogP contribution is -2.36. The Labute approximate surface area is 327 Å². The summed E-state index contributed by atoms with van der Waals surface area (Å²) >= 11 is 0. The summed E-state index contributed by atoms with van der Waals surface area (Å²) in [6, 6.07) is 24.8. The van der Waals surface area contributed by atoms with Gasteiger partial charge >= 0.3 is 11.9 Å². The van der Waals surface area contributed by atoms with Crippen LogP contribution in [0.2, 0.25) is 0 Å². The zero-order valence-electron chi connectivity index (χ0n) is 30.2. The van der Waals surface area contributed by atoms with Crippen molar-refractivity contribution in [3.05, 3.63) is 107 Å². The molecule has 2 aromatic heterocycles. The van der Waals surface area contributed by atoms with Crippen LogP contribution in [0.15, 0.2) is 78.9 Å². The summed E-state index contributed by atoms with van der Waals surface area (Å²) < 4.78 is 27.3. The van der Waals surface area contributed by atoms with Gasteiger partial charge in [0, 0.05) is 34.2 Å². The van der Waals surface area contributed by atoms with E-state index in [4.69, 9.17) is 18.9 Å². The van der Waals surface area contributed by atoms with Crippen molar-refractivity contribution in [2.45, 2.75) is 6.42 Å². The lowest BCUT2D eigenvalue weighted by Gasteiger charge is -2.13. The molecular weight excluding hydrogens is 752 g/mol. The first-order valence-corrected chi connectivity index (χ1v) is 17.2. The van der Waals surface area contributed by atoms with Gasteiger partial charge in [-0.2, -0.15) is 10.5 Å². The van der Waals surface area contributed by atoms with Gasteiger partial charge in [-0.15, -0.1) is 0 Å². The van der Waals surface area contributed by atoms with E-state index in [9.17, 15) is 39.9 Å². The molecule has 0 unspecified atom stereocenters. The second-order valence-corrected chi connectivity index (χ2v) is 12.4. The number of fused-ring (bicyclic) bond motifs is 3. The number of pyridine rings is 2. The number of benzene rings is 4. The summed E-state index contributed by atoms with van der Waals surface area (Å²) in [7, 11) is 1.49. The molecule has 0 radical (unpaired) electrons. The van der Waals surface area contributed by atoms with E-state index in [0.29, 0.717) is 29.6 Å². The largest absolute Gasteiger partial charge is 0.505 e. The van der Waals surface area contributed by atoms with Crippen LogP contribution >= 0.6 is 0 Å². The van der Waals surface area contributed by atoms with Gasteiger partial charge in [0.2, 0.25) is 0 Å². The van der Waals surface area contributed by atoms with Crippen molar-refractivity contribution < 1.29 is 53.1 Å². The second kappa shape index (κ2) is 16.1. The third kappa shape index (κ3) is 7.72. The molecule has 4 N–H and O–H groups in total. The van der Waals surface area contributed by atoms with Crippen molar-refractivity contribution in [3.63, 3.8) is 0 Å². The van der Waals surface area contributed by atoms with E-state index in [-0.39, 0.29) is 38.7 Å². The molecule has 7 rings (SSSR count). The van der Waals surface area contributed by atoms with Gasteiger partial charge in [-0.05, 0) is 54.6 Å². The second-order valence-electron chi connectivity index (χ2n) is 12.4. The number of aromatic hydroxyl groups is 2. The zero-order chi connectivity index (χ0) is 40.9. The maximum absolute atomic E-state index is 13.0. The molecule has 58 heavy (non-hydrogen) atoms. The summed E-state index contributed by atoms with van der Waals surface area (Å²) in [4.78, 5) is 58.9. The van der Waals surface area contributed by atoms with Crippen LogP contribution in [0, 0.1) is 22.7 Å². The average Bonchev–Trinajstić information content (AvgIpc) is 3.71. The highest BCUT2D eigenvalue weighted by molar-refractivity contribution is 6.06. The van der Waals surface area contributed by atoms with E-state index < -0.39 is 59.7 Å². The number of nitrogens with one attached hydrogen (secondary N) is 2. The third-order valence-corrected chi connectivity index (χ3v) is 8.74. The molecule has 0 saturated heterocycles. The fraction of sp³-hybridized carbons (Fsp3) is 0.122. The molecule has 17 nitrogen and oxygen atoms in total. The van der Waals surface area contributed by atoms with Crippen LogP contribution in [0.25, 0.3) is 21.5 Å². The maximum Gasteiger partial charge on any atom is 0.333 e. The Kier molecular flexibility index (Phi) is 10.5. The highest BCUT2D eigenvalue weighted by Crippen LogP contribution is 2.39. The first-order valence-electron chi connectivity index (χ1n) is 17.2. The molecule has 0 fully saturated rings. The first-order chi connectivity index (χ1) is 28.1. The molecule has 0 aliphatic carbocycles. The molecule has 0 spiro atoms. The number of carbonyl (C=O) groups is 4. The summed E-state index contributed by atoms with van der Waals surface area (Å²) in [6.45, 7) is -1.18. The number of methoxy groups -OCH3 is 1. The predicted molar refractivity (Wildman–Crippen MR) is 201 cm³/mol. The Hall–Kier alpha value is -8.44. The number of ether oxygens (including phenoxy) is 5. The van der Waals surface area contributed by atoms with Crippen LogP contribution in [0.1, 0.15) is 37.9 Å². The SMILES string of the molecule is COc1cccc(Oc2cccc3c(O)c(C(=O)NCC(=O)OC(=O)CNC(=O)c4nc(C#N)c5ccc(Oc6ccc7c(c6)CCO7)cc5c4O)nc(C#N)c23)c1. The van der Waals surface area contributed by atoms with Crippen molar-refractivity contribution >= 4 is 45.3 Å². The Morgan fingerprint density at radius 2 is 1.34 bits per heavy atom. The molecule has 2 amide bonds. The number of nitrogens with zero attached hydrogens (tertiary/aromatic N) is 4. The number of nitriles is 2. The predicted octanol–water partition coefficient (Wildman–Crippen LogP) is 4.70. The van der Waals surface area contributed by atoms with Crippen molar-refractivity contribution in [2.75, 3.05) is 26.8 Å². The molecule has 1 aliphatic rings. The van der Waals surface area contributed by atoms with Crippen LogP contribution in [0.3, 0.4) is 0 Å². The normalized spacial score (nSPS) is 11.4. The van der Waals surface area contributed by atoms with Crippen molar-refractivity contribution in [2.24, 2.45) is 0 Å². The highest BCUT2D eigenvalue weighted by atomic mass is 16.6. The Morgan fingerprint density at radius 1 is 0.724 bits per heavy atom. The monoisotopic (exact) mass is 780 g/mol. The van der Waals surface area contributed by atoms with Gasteiger partial charge < -0.3 is 44.5 Å². The molecule has 3 heterocycles. The lowest BCUT2D eigenvalue weighted by atomic mass is 10.1. The summed E-state index contributed by atoms with van der Waals surface area (Å²) in [5, 5.41) is 46.4. The Balaban J connectivity index is 0.977. The number of aromatic nitrogens is 2. The molecule has 0 atom stereocenters. The molecule has 0 saturated carbocycles. The minimum Gasteiger partial charge on any atom is -0.505 e. The van der Waals surface area contributed by atoms with Crippen molar-refractivity contribution in [1.82, 2.24) is 20.6 Å². The third-order valence-electron chi connectivity index (χ3n) is 8.74. The molecule has 288 valence electrons. The minimum absolute atomic E-state index is 0.0545. The van der Waals surface area contributed by atoms with Crippen LogP contribution in [0.5, 0.6) is 46.0 Å². The standard InChI is InChI=1S/C41H28N6O11/c1-54-22-4-2-5-23(15-22)57-32-7-3-6-27-35(32)30(18-43)47-36(38(27)50)40(52)44-19-33(48)58-34(49)20-45-41(53)37-39(51)28-16-25(8-10-26(28)29(17-42)46-37)56-24-9-11-31-21(14-24)12-13-55-31/h2-11,14-16,50-51H,12-13,19-20H2,1H3,(H,44,52)(H,45,53). The van der Waals surface area contributed by atoms with Crippen LogP contribution in [0.4, 0.5) is 0 Å². The van der Waals surface area contributed by atoms with Gasteiger partial charge in [0.05, 0.1) is 19.1 Å². The van der Waals surface area contributed by atoms with E-state index >= 15 is 0 Å². The molecule has 4 aromatic carbocycles. The maximum atomic E-state index is 13.0. The Morgan fingerprint density at radius 3 is 2.05 bits per heavy atom. The molecule has 0 bridgehead atoms. The summed E-state index contributed by atoms with van der Waals surface area (Å²) in [5.74, 6) is -3.25. The first kappa shape index (κ1) is 37.9. The van der Waals surface area contributed by atoms with E-state index in [1.807, 2.05) is 18.2 Å². The van der Waals surface area contributed by atoms with E-state index in [1.54, 1.807) is 48.5 Å². The van der Waals surface area contributed by atoms with Gasteiger partial charge in [-0.1, -0.05) is 18.2 Å². The minimum atomic E-state index is -1.25. The average molecular weight is 781 g/mol. The van der Waals surface area contributed by atoms with E-state index in [1.165, 1.54) is 31.4 Å². The number of carbonyl (C=O) groups excluding carboxylic acids is 4. The van der Waals surface area contributed by atoms with Crippen LogP contribution < -0.4 is 29.6 Å². The quantitative estimate of drug-likeness (QED) is 0.103. The zero-order valence-corrected chi connectivity index (χ0v) is 30.2. The topological polar surface area (TPSA) is 252 Å². The molecule has 6 aromatic rings. The van der Waals surface area contributed by atoms with Gasteiger partial charge in [0.1, 0.15) is 65.4 Å². The summed E-state index contributed by atoms with van der Waals surface area (Å²) in [5.41, 5.74) is -0.658. The van der Waals surface area contributed by atoms with Gasteiger partial charge in [-0.3, -0.25) is 9.59 Å². The van der Waals surface area contributed by atoms with Gasteiger partial charge in [0.15, 0.2) is 28.6 Å². The highest BCUT2D eigenvalue weighted by Gasteiger charge is 2.25. The van der Waals surface area contributed by atoms with Crippen molar-refractivity contribution in [1.29, 1.82) is 10.5 Å². The number of rotatable bonds is 11. The number of hydrogen-bond acceptors (Lipinski definition) is 15. The lowest BCUT2D eigenvalue weighted by molar-refractivity contribution is -0.158. The Bertz CT molecular complexity index is 2780. The van der Waals surface area contributed by atoms with Crippen molar-refractivity contribution in [3.8, 4) is 58.1 Å². The van der Waals surface area contributed by atoms with E-state index in [2.05, 4.69) is 25.3 Å². The number of hydrogen-bond donors (Lipinski definition) is 4. The number of amides is 2. The van der Waals surface area contributed by atoms with Gasteiger partial charge in [-0.25, -0.2) is 19.6 Å². The van der Waals surface area contributed by atoms with Crippen LogP contribution in [-0.4, -0.2) is 70.7 Å². The van der Waals surface area contributed by atoms with E-state index in [0.717, 1.165) is 17.7 Å². The van der Waals surface area contributed by atoms with Crippen LogP contribution in [-0.2, 0) is 20.7 Å². The molecule has 17 heteroatoms. The van der Waals surface area contributed by atoms with Gasteiger partial charge in [0.25, 0.3) is 11.8 Å². The summed E-state index contributed by atoms with van der Waals surface area (Å²) in [6.07, 6.45) is 0.727.